The van der Waals surface area contributed by atoms with Crippen LogP contribution in [0.1, 0.15) is 15.9 Å². The summed E-state index contributed by atoms with van der Waals surface area (Å²) >= 11 is 1.67. The molecule has 2 N–H and O–H groups in total. The Morgan fingerprint density at radius 3 is 2.53 bits per heavy atom. The molecule has 0 aliphatic carbocycles. The van der Waals surface area contributed by atoms with E-state index in [-0.39, 0.29) is 5.91 Å². The summed E-state index contributed by atoms with van der Waals surface area (Å²) in [6.07, 6.45) is 0. The van der Waals surface area contributed by atoms with E-state index >= 15 is 0 Å². The van der Waals surface area contributed by atoms with Crippen molar-refractivity contribution in [3.63, 3.8) is 0 Å². The lowest BCUT2D eigenvalue weighted by Gasteiger charge is -2.20. The maximum absolute atomic E-state index is 12.7. The number of hydrogen-bond acceptors (Lipinski definition) is 8. The lowest BCUT2D eigenvalue weighted by Crippen LogP contribution is -2.43. The topological polar surface area (TPSA) is 137 Å². The SMILES string of the molecule is COc1ccc2c(c1)CN(C(=O)C(=O)NCCSSCCNC(=O)c1ccc(N=[N+]=[N-])cc1)CCS2. The third-order valence-corrected chi connectivity index (χ3v) is 8.55. The van der Waals surface area contributed by atoms with E-state index in [1.807, 2.05) is 18.2 Å². The molecule has 0 radical (unpaired) electrons. The number of carbonyl (C=O) groups is 3. The van der Waals surface area contributed by atoms with Crippen molar-refractivity contribution in [3.8, 4) is 5.75 Å². The largest absolute Gasteiger partial charge is 0.497 e. The number of carbonyl (C=O) groups excluding carboxylic acids is 3. The van der Waals surface area contributed by atoms with E-state index in [0.717, 1.165) is 22.0 Å². The number of methoxy groups -OCH3 is 1. The van der Waals surface area contributed by atoms with Crippen LogP contribution < -0.4 is 15.4 Å². The second-order valence-electron chi connectivity index (χ2n) is 7.44. The monoisotopic (exact) mass is 546 g/mol. The maximum Gasteiger partial charge on any atom is 0.312 e. The van der Waals surface area contributed by atoms with Gasteiger partial charge in [-0.25, -0.2) is 0 Å². The molecule has 0 unspecified atom stereocenters. The molecule has 1 aliphatic heterocycles. The van der Waals surface area contributed by atoms with Gasteiger partial charge in [0.25, 0.3) is 5.91 Å². The van der Waals surface area contributed by atoms with E-state index in [9.17, 15) is 14.4 Å². The van der Waals surface area contributed by atoms with Gasteiger partial charge in [0.05, 0.1) is 7.11 Å². The van der Waals surface area contributed by atoms with Crippen LogP contribution in [0.4, 0.5) is 5.69 Å². The molecule has 2 aromatic carbocycles. The number of nitrogens with zero attached hydrogens (tertiary/aromatic N) is 4. The van der Waals surface area contributed by atoms with Gasteiger partial charge in [0, 0.05) is 64.5 Å². The molecule has 3 amide bonds. The summed E-state index contributed by atoms with van der Waals surface area (Å²) in [7, 11) is 4.73. The first-order chi connectivity index (χ1) is 17.5. The summed E-state index contributed by atoms with van der Waals surface area (Å²) in [4.78, 5) is 42.5. The Morgan fingerprint density at radius 1 is 1.11 bits per heavy atom. The fourth-order valence-electron chi connectivity index (χ4n) is 3.25. The van der Waals surface area contributed by atoms with E-state index in [2.05, 4.69) is 20.7 Å². The standard InChI is InChI=1S/C23H26N6O4S3/c1-33-19-6-7-20-17(14-19)15-29(10-13-34-20)23(32)22(31)26-9-12-36-35-11-8-25-21(30)16-2-4-18(5-3-16)27-28-24/h2-7,14H,8-13,15H2,1H3,(H,25,30)(H,26,31). The second-order valence-corrected chi connectivity index (χ2v) is 11.3. The molecule has 1 heterocycles. The zero-order chi connectivity index (χ0) is 25.8. The molecule has 13 heteroatoms. The zero-order valence-corrected chi connectivity index (χ0v) is 22.1. The van der Waals surface area contributed by atoms with Crippen LogP contribution in [0.5, 0.6) is 5.75 Å². The van der Waals surface area contributed by atoms with E-state index in [4.69, 9.17) is 10.3 Å². The number of benzene rings is 2. The molecule has 190 valence electrons. The minimum atomic E-state index is -0.601. The lowest BCUT2D eigenvalue weighted by molar-refractivity contribution is -0.146. The zero-order valence-electron chi connectivity index (χ0n) is 19.6. The molecule has 0 spiro atoms. The van der Waals surface area contributed by atoms with Crippen molar-refractivity contribution in [2.24, 2.45) is 5.11 Å². The number of azide groups is 1. The fraction of sp³-hybridized carbons (Fsp3) is 0.348. The predicted octanol–water partition coefficient (Wildman–Crippen LogP) is 4.00. The van der Waals surface area contributed by atoms with Crippen LogP contribution in [-0.4, -0.2) is 66.6 Å². The molecule has 0 aromatic heterocycles. The average Bonchev–Trinajstić information content (AvgIpc) is 3.12. The van der Waals surface area contributed by atoms with Gasteiger partial charge < -0.3 is 20.3 Å². The van der Waals surface area contributed by atoms with Gasteiger partial charge in [-0.1, -0.05) is 38.8 Å². The van der Waals surface area contributed by atoms with Gasteiger partial charge in [0.2, 0.25) is 0 Å². The van der Waals surface area contributed by atoms with Gasteiger partial charge in [-0.15, -0.1) is 11.8 Å². The fourth-order valence-corrected chi connectivity index (χ4v) is 6.07. The molecule has 10 nitrogen and oxygen atoms in total. The average molecular weight is 547 g/mol. The Labute approximate surface area is 221 Å². The molecule has 0 atom stereocenters. The molecule has 2 aromatic rings. The first kappa shape index (κ1) is 27.6. The van der Waals surface area contributed by atoms with Crippen LogP contribution in [0.15, 0.2) is 52.5 Å². The van der Waals surface area contributed by atoms with E-state index in [1.54, 1.807) is 69.6 Å². The number of ether oxygens (including phenoxy) is 1. The van der Waals surface area contributed by atoms with Crippen LogP contribution in [-0.2, 0) is 16.1 Å². The number of hydrogen-bond donors (Lipinski definition) is 2. The maximum atomic E-state index is 12.7. The van der Waals surface area contributed by atoms with Gasteiger partial charge in [-0.3, -0.25) is 14.4 Å². The highest BCUT2D eigenvalue weighted by molar-refractivity contribution is 8.76. The third kappa shape index (κ3) is 8.30. The molecular weight excluding hydrogens is 520 g/mol. The Hall–Kier alpha value is -2.99. The lowest BCUT2D eigenvalue weighted by atomic mass is 10.2. The van der Waals surface area contributed by atoms with Gasteiger partial charge in [0.15, 0.2) is 0 Å². The quantitative estimate of drug-likeness (QED) is 0.115. The molecule has 0 saturated heterocycles. The van der Waals surface area contributed by atoms with Gasteiger partial charge in [0.1, 0.15) is 5.75 Å². The highest BCUT2D eigenvalue weighted by atomic mass is 33.1. The van der Waals surface area contributed by atoms with Crippen molar-refractivity contribution in [3.05, 3.63) is 64.0 Å². The number of amides is 3. The van der Waals surface area contributed by atoms with Crippen LogP contribution in [0.25, 0.3) is 10.4 Å². The molecule has 0 bridgehead atoms. The summed E-state index contributed by atoms with van der Waals surface area (Å²) < 4.78 is 5.28. The second kappa shape index (κ2) is 14.5. The smallest absolute Gasteiger partial charge is 0.312 e. The summed E-state index contributed by atoms with van der Waals surface area (Å²) in [5, 5.41) is 8.99. The molecule has 36 heavy (non-hydrogen) atoms. The molecule has 0 saturated carbocycles. The molecule has 1 aliphatic rings. The highest BCUT2D eigenvalue weighted by Gasteiger charge is 2.24. The molecule has 3 rings (SSSR count). The summed E-state index contributed by atoms with van der Waals surface area (Å²) in [6, 6.07) is 12.2. The minimum absolute atomic E-state index is 0.202. The first-order valence-electron chi connectivity index (χ1n) is 11.1. The van der Waals surface area contributed by atoms with Crippen molar-refractivity contribution in [2.45, 2.75) is 11.4 Å². The molecule has 0 fully saturated rings. The van der Waals surface area contributed by atoms with Crippen LogP contribution in [0.2, 0.25) is 0 Å². The number of nitrogens with one attached hydrogen (secondary N) is 2. The first-order valence-corrected chi connectivity index (χ1v) is 14.5. The summed E-state index contributed by atoms with van der Waals surface area (Å²) in [6.45, 7) is 1.74. The minimum Gasteiger partial charge on any atom is -0.497 e. The van der Waals surface area contributed by atoms with E-state index in [1.165, 1.54) is 0 Å². The normalized spacial score (nSPS) is 12.5. The van der Waals surface area contributed by atoms with Crippen molar-refractivity contribution in [2.75, 3.05) is 44.0 Å². The van der Waals surface area contributed by atoms with Gasteiger partial charge in [-0.2, -0.15) is 0 Å². The Bertz CT molecular complexity index is 1130. The summed E-state index contributed by atoms with van der Waals surface area (Å²) in [5.74, 6) is 1.44. The third-order valence-electron chi connectivity index (χ3n) is 5.04. The number of rotatable bonds is 10. The van der Waals surface area contributed by atoms with Crippen molar-refractivity contribution < 1.29 is 19.1 Å². The van der Waals surface area contributed by atoms with Gasteiger partial charge in [-0.05, 0) is 41.4 Å². The van der Waals surface area contributed by atoms with Gasteiger partial charge >= 0.3 is 11.8 Å². The Morgan fingerprint density at radius 2 is 1.83 bits per heavy atom. The molecular formula is C23H26N6O4S3. The van der Waals surface area contributed by atoms with Crippen molar-refractivity contribution >= 4 is 56.8 Å². The van der Waals surface area contributed by atoms with E-state index < -0.39 is 11.8 Å². The van der Waals surface area contributed by atoms with Crippen LogP contribution in [0, 0.1) is 0 Å². The van der Waals surface area contributed by atoms with Crippen LogP contribution in [0.3, 0.4) is 0 Å². The van der Waals surface area contributed by atoms with Crippen LogP contribution >= 0.6 is 33.3 Å². The highest BCUT2D eigenvalue weighted by Crippen LogP contribution is 2.30. The predicted molar refractivity (Wildman–Crippen MR) is 145 cm³/mol. The van der Waals surface area contributed by atoms with Crippen molar-refractivity contribution in [1.82, 2.24) is 15.5 Å². The van der Waals surface area contributed by atoms with E-state index in [0.29, 0.717) is 48.9 Å². The Balaban J connectivity index is 1.30. The number of thioether (sulfide) groups is 1. The number of fused-ring (bicyclic) bond motifs is 1. The summed E-state index contributed by atoms with van der Waals surface area (Å²) in [5.41, 5.74) is 10.3. The Kier molecular flexibility index (Phi) is 11.1. The van der Waals surface area contributed by atoms with Crippen molar-refractivity contribution in [1.29, 1.82) is 0 Å².